The van der Waals surface area contributed by atoms with Gasteiger partial charge in [-0.1, -0.05) is 6.07 Å². The fraction of sp³-hybridized carbons (Fsp3) is 0.174. The molecule has 1 aromatic carbocycles. The zero-order valence-electron chi connectivity index (χ0n) is 16.3. The molecule has 0 radical (unpaired) electrons. The van der Waals surface area contributed by atoms with Crippen LogP contribution in [0.4, 0.5) is 11.5 Å². The lowest BCUT2D eigenvalue weighted by Gasteiger charge is -2.27. The molecule has 0 spiro atoms. The molecule has 4 rings (SSSR count). The van der Waals surface area contributed by atoms with E-state index in [2.05, 4.69) is 26.7 Å². The molecule has 0 unspecified atom stereocenters. The van der Waals surface area contributed by atoms with Gasteiger partial charge in [0.2, 0.25) is 0 Å². The van der Waals surface area contributed by atoms with Crippen LogP contribution in [0.5, 0.6) is 0 Å². The number of hydrogen-bond donors (Lipinski definition) is 2. The first-order valence-electron chi connectivity index (χ1n) is 9.54. The quantitative estimate of drug-likeness (QED) is 0.467. The zero-order valence-corrected chi connectivity index (χ0v) is 16.3. The highest BCUT2D eigenvalue weighted by Crippen LogP contribution is 2.25. The molecule has 1 aromatic heterocycles. The molecule has 2 aromatic rings. The van der Waals surface area contributed by atoms with E-state index in [9.17, 15) is 5.26 Å². The monoisotopic (exact) mass is 396 g/mol. The third-order valence-corrected chi connectivity index (χ3v) is 4.94. The summed E-state index contributed by atoms with van der Waals surface area (Å²) in [5, 5.41) is 18.0. The van der Waals surface area contributed by atoms with Gasteiger partial charge in [0.15, 0.2) is 0 Å². The molecule has 0 saturated carbocycles. The first-order valence-corrected chi connectivity index (χ1v) is 9.54. The molecule has 0 bridgehead atoms. The number of ether oxygens (including phenoxy) is 1. The van der Waals surface area contributed by atoms with Crippen molar-refractivity contribution in [3.63, 3.8) is 0 Å². The van der Waals surface area contributed by atoms with Gasteiger partial charge in [-0.2, -0.15) is 5.26 Å². The van der Waals surface area contributed by atoms with Gasteiger partial charge in [0.05, 0.1) is 36.3 Å². The van der Waals surface area contributed by atoms with Gasteiger partial charge in [-0.05, 0) is 47.6 Å². The summed E-state index contributed by atoms with van der Waals surface area (Å²) in [6.45, 7) is 2.82. The van der Waals surface area contributed by atoms with E-state index in [4.69, 9.17) is 15.9 Å². The van der Waals surface area contributed by atoms with Crippen molar-refractivity contribution in [3.8, 4) is 6.07 Å². The molecule has 2 heterocycles. The number of nitrogens with zero attached hydrogens (tertiary/aromatic N) is 4. The second-order valence-electron chi connectivity index (χ2n) is 6.85. The normalized spacial score (nSPS) is 15.8. The molecule has 1 fully saturated rings. The van der Waals surface area contributed by atoms with Crippen LogP contribution in [0.2, 0.25) is 0 Å². The topological polar surface area (TPSA) is 112 Å². The second kappa shape index (κ2) is 8.58. The van der Waals surface area contributed by atoms with Gasteiger partial charge in [-0.15, -0.1) is 5.73 Å². The first-order chi connectivity index (χ1) is 14.7. The van der Waals surface area contributed by atoms with E-state index < -0.39 is 0 Å². The molecule has 2 aliphatic rings. The highest BCUT2D eigenvalue weighted by atomic mass is 16.5. The summed E-state index contributed by atoms with van der Waals surface area (Å²) in [6, 6.07) is 9.44. The molecule has 148 valence electrons. The second-order valence-corrected chi connectivity index (χ2v) is 6.85. The summed E-state index contributed by atoms with van der Waals surface area (Å²) in [5.41, 5.74) is 13.2. The minimum atomic E-state index is 0.219. The zero-order chi connectivity index (χ0) is 20.9. The van der Waals surface area contributed by atoms with Crippen LogP contribution < -0.4 is 10.6 Å². The Morgan fingerprint density at radius 2 is 2.07 bits per heavy atom. The Hall–Kier alpha value is -3.98. The van der Waals surface area contributed by atoms with Crippen LogP contribution in [0.25, 0.3) is 5.57 Å². The molecule has 1 aliphatic carbocycles. The van der Waals surface area contributed by atoms with Gasteiger partial charge in [0.1, 0.15) is 12.1 Å². The van der Waals surface area contributed by atoms with E-state index in [0.29, 0.717) is 35.7 Å². The number of morpholine rings is 1. The van der Waals surface area contributed by atoms with Gasteiger partial charge in [0, 0.05) is 30.4 Å². The van der Waals surface area contributed by atoms with E-state index >= 15 is 0 Å². The highest BCUT2D eigenvalue weighted by Gasteiger charge is 2.17. The Morgan fingerprint density at radius 1 is 1.23 bits per heavy atom. The van der Waals surface area contributed by atoms with Gasteiger partial charge in [-0.25, -0.2) is 9.97 Å². The maximum atomic E-state index is 9.25. The van der Waals surface area contributed by atoms with Crippen LogP contribution in [0.3, 0.4) is 0 Å². The van der Waals surface area contributed by atoms with Gasteiger partial charge < -0.3 is 15.4 Å². The van der Waals surface area contributed by atoms with Crippen LogP contribution in [0.1, 0.15) is 16.8 Å². The Labute approximate surface area is 174 Å². The Morgan fingerprint density at radius 3 is 2.87 bits per heavy atom. The number of nitrogen functional groups attached to an aromatic ring is 1. The number of aromatic nitrogens is 2. The molecule has 1 aliphatic heterocycles. The summed E-state index contributed by atoms with van der Waals surface area (Å²) in [4.78, 5) is 10.8. The number of anilines is 2. The largest absolute Gasteiger partial charge is 0.398 e. The number of nitrogens with one attached hydrogen (secondary N) is 1. The third-order valence-electron chi connectivity index (χ3n) is 4.94. The smallest absolute Gasteiger partial charge is 0.132 e. The minimum absolute atomic E-state index is 0.219. The minimum Gasteiger partial charge on any atom is -0.398 e. The van der Waals surface area contributed by atoms with Crippen molar-refractivity contribution in [2.24, 2.45) is 0 Å². The summed E-state index contributed by atoms with van der Waals surface area (Å²) >= 11 is 0. The fourth-order valence-corrected chi connectivity index (χ4v) is 3.31. The number of hydrogen-bond acceptors (Lipinski definition) is 7. The maximum Gasteiger partial charge on any atom is 0.132 e. The number of allylic oxidation sites excluding steroid dienone is 5. The Kier molecular flexibility index (Phi) is 5.53. The van der Waals surface area contributed by atoms with E-state index in [-0.39, 0.29) is 5.71 Å². The lowest BCUT2D eigenvalue weighted by atomic mass is 9.97. The van der Waals surface area contributed by atoms with Crippen molar-refractivity contribution in [2.45, 2.75) is 0 Å². The average Bonchev–Trinajstić information content (AvgIpc) is 3.05. The van der Waals surface area contributed by atoms with Crippen LogP contribution in [-0.4, -0.2) is 42.0 Å². The first kappa shape index (κ1) is 19.3. The van der Waals surface area contributed by atoms with Crippen LogP contribution in [-0.2, 0) is 4.74 Å². The molecule has 0 atom stereocenters. The van der Waals surface area contributed by atoms with Gasteiger partial charge >= 0.3 is 0 Å². The molecular weight excluding hydrogens is 376 g/mol. The molecule has 1 saturated heterocycles. The Balaban J connectivity index is 1.68. The van der Waals surface area contributed by atoms with E-state index in [1.165, 1.54) is 6.33 Å². The van der Waals surface area contributed by atoms with Crippen molar-refractivity contribution >= 4 is 22.8 Å². The number of nitriles is 1. The van der Waals surface area contributed by atoms with Crippen LogP contribution >= 0.6 is 0 Å². The number of nitrogens with two attached hydrogens (primary N) is 1. The van der Waals surface area contributed by atoms with Crippen molar-refractivity contribution in [1.29, 1.82) is 10.7 Å². The summed E-state index contributed by atoms with van der Waals surface area (Å²) in [7, 11) is 0. The van der Waals surface area contributed by atoms with Crippen molar-refractivity contribution in [3.05, 3.63) is 83.0 Å². The number of rotatable bonds is 4. The SMILES string of the molecule is N#CC1=CC=C=CC(c2ccc(N)c(C(=N)c3cc(N4CCOCC4)ncn3)c2)=C1. The molecule has 7 heteroatoms. The lowest BCUT2D eigenvalue weighted by Crippen LogP contribution is -2.36. The standard InChI is InChI=1S/C23H20N6O/c24-14-16-3-1-2-4-17(11-16)18-5-6-20(25)19(12-18)23(26)21-13-22(28-15-27-21)29-7-9-30-10-8-29/h1,3-6,11-13,15,26H,7-10,25H2. The van der Waals surface area contributed by atoms with Gasteiger partial charge in [-0.3, -0.25) is 5.41 Å². The maximum absolute atomic E-state index is 9.25. The Bertz CT molecular complexity index is 1160. The van der Waals surface area contributed by atoms with E-state index in [1.807, 2.05) is 18.2 Å². The average molecular weight is 396 g/mol. The van der Waals surface area contributed by atoms with Crippen molar-refractivity contribution in [2.75, 3.05) is 36.9 Å². The third kappa shape index (κ3) is 4.06. The van der Waals surface area contributed by atoms with Gasteiger partial charge in [0.25, 0.3) is 0 Å². The van der Waals surface area contributed by atoms with Crippen LogP contribution in [0.15, 0.2) is 66.2 Å². The van der Waals surface area contributed by atoms with Crippen molar-refractivity contribution in [1.82, 2.24) is 9.97 Å². The lowest BCUT2D eigenvalue weighted by molar-refractivity contribution is 0.122. The molecule has 3 N–H and O–H groups in total. The summed E-state index contributed by atoms with van der Waals surface area (Å²) < 4.78 is 5.40. The highest BCUT2D eigenvalue weighted by molar-refractivity contribution is 6.13. The fourth-order valence-electron chi connectivity index (χ4n) is 3.31. The summed E-state index contributed by atoms with van der Waals surface area (Å²) in [5.74, 6) is 0.770. The molecular formula is C23H20N6O. The molecule has 7 nitrogen and oxygen atoms in total. The number of benzene rings is 1. The summed E-state index contributed by atoms with van der Waals surface area (Å²) in [6.07, 6.45) is 8.48. The van der Waals surface area contributed by atoms with E-state index in [0.717, 1.165) is 30.0 Å². The molecule has 30 heavy (non-hydrogen) atoms. The molecule has 0 amide bonds. The predicted octanol–water partition coefficient (Wildman–Crippen LogP) is 2.87. The van der Waals surface area contributed by atoms with Crippen LogP contribution in [0, 0.1) is 16.7 Å². The van der Waals surface area contributed by atoms with E-state index in [1.54, 1.807) is 30.4 Å². The predicted molar refractivity (Wildman–Crippen MR) is 116 cm³/mol. The van der Waals surface area contributed by atoms with Crippen molar-refractivity contribution < 1.29 is 4.74 Å².